The van der Waals surface area contributed by atoms with Crippen molar-refractivity contribution in [2.75, 3.05) is 17.5 Å². The van der Waals surface area contributed by atoms with Crippen LogP contribution in [0.1, 0.15) is 29.7 Å². The summed E-state index contributed by atoms with van der Waals surface area (Å²) in [6, 6.07) is 17.6. The van der Waals surface area contributed by atoms with Gasteiger partial charge in [-0.05, 0) is 41.4 Å². The lowest BCUT2D eigenvalue weighted by Crippen LogP contribution is -2.11. The van der Waals surface area contributed by atoms with Crippen LogP contribution in [0.5, 0.6) is 0 Å². The van der Waals surface area contributed by atoms with Gasteiger partial charge in [0.15, 0.2) is 0 Å². The molecule has 2 aromatic carbocycles. The SMILES string of the molecule is CCSNc1cccc(C2=CC(NC)c3ccccc32)c1. The van der Waals surface area contributed by atoms with Gasteiger partial charge in [-0.15, -0.1) is 0 Å². The number of nitrogens with one attached hydrogen (secondary N) is 2. The van der Waals surface area contributed by atoms with Crippen molar-refractivity contribution >= 4 is 23.2 Å². The Bertz CT molecular complexity index is 664. The van der Waals surface area contributed by atoms with Gasteiger partial charge in [-0.3, -0.25) is 0 Å². The lowest BCUT2D eigenvalue weighted by molar-refractivity contribution is 0.725. The molecule has 0 saturated carbocycles. The molecule has 0 spiro atoms. The van der Waals surface area contributed by atoms with Gasteiger partial charge in [0.1, 0.15) is 0 Å². The lowest BCUT2D eigenvalue weighted by atomic mass is 9.99. The predicted molar refractivity (Wildman–Crippen MR) is 93.5 cm³/mol. The molecular formula is C18H20N2S. The van der Waals surface area contributed by atoms with Gasteiger partial charge in [0.05, 0.1) is 6.04 Å². The van der Waals surface area contributed by atoms with Gasteiger partial charge < -0.3 is 10.0 Å². The molecular weight excluding hydrogens is 276 g/mol. The summed E-state index contributed by atoms with van der Waals surface area (Å²) in [4.78, 5) is 0. The Labute approximate surface area is 130 Å². The highest BCUT2D eigenvalue weighted by atomic mass is 32.2. The summed E-state index contributed by atoms with van der Waals surface area (Å²) >= 11 is 1.72. The minimum Gasteiger partial charge on any atom is -0.330 e. The van der Waals surface area contributed by atoms with Crippen molar-refractivity contribution in [1.29, 1.82) is 0 Å². The van der Waals surface area contributed by atoms with E-state index < -0.39 is 0 Å². The third kappa shape index (κ3) is 2.85. The van der Waals surface area contributed by atoms with Crippen LogP contribution in [0.15, 0.2) is 54.6 Å². The largest absolute Gasteiger partial charge is 0.330 e. The second kappa shape index (κ2) is 6.37. The quantitative estimate of drug-likeness (QED) is 0.796. The Morgan fingerprint density at radius 2 is 1.95 bits per heavy atom. The van der Waals surface area contributed by atoms with Crippen LogP contribution in [0.3, 0.4) is 0 Å². The number of anilines is 1. The Morgan fingerprint density at radius 1 is 1.10 bits per heavy atom. The highest BCUT2D eigenvalue weighted by molar-refractivity contribution is 8.00. The van der Waals surface area contributed by atoms with E-state index in [9.17, 15) is 0 Å². The van der Waals surface area contributed by atoms with Crippen molar-refractivity contribution in [3.8, 4) is 0 Å². The lowest BCUT2D eigenvalue weighted by Gasteiger charge is -2.10. The first kappa shape index (κ1) is 14.2. The normalized spacial score (nSPS) is 16.5. The highest BCUT2D eigenvalue weighted by Crippen LogP contribution is 2.38. The van der Waals surface area contributed by atoms with Crippen LogP contribution < -0.4 is 10.0 Å². The molecule has 0 saturated heterocycles. The van der Waals surface area contributed by atoms with Crippen LogP contribution in [0.2, 0.25) is 0 Å². The third-order valence-corrected chi connectivity index (χ3v) is 4.41. The predicted octanol–water partition coefficient (Wildman–Crippen LogP) is 4.47. The number of rotatable bonds is 5. The van der Waals surface area contributed by atoms with Crippen molar-refractivity contribution in [1.82, 2.24) is 5.32 Å². The summed E-state index contributed by atoms with van der Waals surface area (Å²) < 4.78 is 3.38. The molecule has 21 heavy (non-hydrogen) atoms. The molecule has 2 aromatic rings. The van der Waals surface area contributed by atoms with Gasteiger partial charge in [0, 0.05) is 11.4 Å². The van der Waals surface area contributed by atoms with E-state index in [1.165, 1.54) is 22.3 Å². The van der Waals surface area contributed by atoms with Crippen LogP contribution in [0.25, 0.3) is 5.57 Å². The Morgan fingerprint density at radius 3 is 2.76 bits per heavy atom. The molecule has 0 fully saturated rings. The van der Waals surface area contributed by atoms with E-state index >= 15 is 0 Å². The van der Waals surface area contributed by atoms with Crippen LogP contribution in [-0.4, -0.2) is 12.8 Å². The fraction of sp³-hybridized carbons (Fsp3) is 0.222. The van der Waals surface area contributed by atoms with E-state index in [2.05, 4.69) is 71.6 Å². The van der Waals surface area contributed by atoms with E-state index in [0.29, 0.717) is 6.04 Å². The fourth-order valence-corrected chi connectivity index (χ4v) is 3.19. The summed E-state index contributed by atoms with van der Waals surface area (Å²) in [7, 11) is 2.01. The summed E-state index contributed by atoms with van der Waals surface area (Å²) in [6.45, 7) is 2.15. The summed E-state index contributed by atoms with van der Waals surface area (Å²) in [5.41, 5.74) is 6.43. The van der Waals surface area contributed by atoms with Crippen molar-refractivity contribution in [3.05, 3.63) is 71.3 Å². The van der Waals surface area contributed by atoms with Crippen molar-refractivity contribution in [3.63, 3.8) is 0 Å². The second-order valence-corrected chi connectivity index (χ2v) is 6.12. The monoisotopic (exact) mass is 296 g/mol. The van der Waals surface area contributed by atoms with Gasteiger partial charge in [-0.1, -0.05) is 61.3 Å². The summed E-state index contributed by atoms with van der Waals surface area (Å²) in [5.74, 6) is 1.05. The van der Waals surface area contributed by atoms with E-state index in [-0.39, 0.29) is 0 Å². The molecule has 1 aliphatic carbocycles. The van der Waals surface area contributed by atoms with E-state index in [1.807, 2.05) is 7.05 Å². The Kier molecular flexibility index (Phi) is 4.32. The highest BCUT2D eigenvalue weighted by Gasteiger charge is 2.22. The van der Waals surface area contributed by atoms with Crippen LogP contribution in [0, 0.1) is 0 Å². The maximum Gasteiger partial charge on any atom is 0.0519 e. The standard InChI is InChI=1S/C18H20N2S/c1-3-21-20-14-8-6-7-13(11-14)17-12-18(19-2)16-10-5-4-9-15(16)17/h4-12,18-20H,3H2,1-2H3. The molecule has 1 atom stereocenters. The molecule has 1 unspecified atom stereocenters. The third-order valence-electron chi connectivity index (χ3n) is 3.74. The van der Waals surface area contributed by atoms with E-state index in [1.54, 1.807) is 11.9 Å². The van der Waals surface area contributed by atoms with Gasteiger partial charge in [-0.25, -0.2) is 0 Å². The van der Waals surface area contributed by atoms with Crippen LogP contribution in [0.4, 0.5) is 5.69 Å². The van der Waals surface area contributed by atoms with Gasteiger partial charge in [-0.2, -0.15) is 0 Å². The molecule has 3 heteroatoms. The summed E-state index contributed by atoms with van der Waals surface area (Å²) in [5, 5.41) is 3.37. The fourth-order valence-electron chi connectivity index (χ4n) is 2.76. The zero-order chi connectivity index (χ0) is 14.7. The van der Waals surface area contributed by atoms with Crippen LogP contribution in [-0.2, 0) is 0 Å². The molecule has 0 aliphatic heterocycles. The molecule has 0 amide bonds. The molecule has 2 nitrogen and oxygen atoms in total. The molecule has 0 aromatic heterocycles. The molecule has 2 N–H and O–H groups in total. The summed E-state index contributed by atoms with van der Waals surface area (Å²) in [6.07, 6.45) is 2.32. The first-order valence-electron chi connectivity index (χ1n) is 7.30. The molecule has 1 aliphatic rings. The molecule has 3 rings (SSSR count). The molecule has 0 heterocycles. The smallest absolute Gasteiger partial charge is 0.0519 e. The average Bonchev–Trinajstić information content (AvgIpc) is 2.92. The van der Waals surface area contributed by atoms with E-state index in [4.69, 9.17) is 0 Å². The maximum atomic E-state index is 3.38. The minimum absolute atomic E-state index is 0.304. The first-order chi connectivity index (χ1) is 10.3. The zero-order valence-electron chi connectivity index (χ0n) is 12.4. The van der Waals surface area contributed by atoms with Gasteiger partial charge >= 0.3 is 0 Å². The van der Waals surface area contributed by atoms with E-state index in [0.717, 1.165) is 11.4 Å². The van der Waals surface area contributed by atoms with Crippen molar-refractivity contribution in [2.45, 2.75) is 13.0 Å². The number of hydrogen-bond donors (Lipinski definition) is 2. The number of hydrogen-bond acceptors (Lipinski definition) is 3. The molecule has 0 bridgehead atoms. The van der Waals surface area contributed by atoms with Crippen molar-refractivity contribution in [2.24, 2.45) is 0 Å². The average molecular weight is 296 g/mol. The number of benzene rings is 2. The second-order valence-electron chi connectivity index (χ2n) is 5.05. The molecule has 108 valence electrons. The Balaban J connectivity index is 1.97. The zero-order valence-corrected chi connectivity index (χ0v) is 13.2. The topological polar surface area (TPSA) is 24.1 Å². The number of fused-ring (bicyclic) bond motifs is 1. The molecule has 0 radical (unpaired) electrons. The van der Waals surface area contributed by atoms with Crippen LogP contribution >= 0.6 is 11.9 Å². The van der Waals surface area contributed by atoms with Crippen molar-refractivity contribution < 1.29 is 0 Å². The minimum atomic E-state index is 0.304. The van der Waals surface area contributed by atoms with Gasteiger partial charge in [0.2, 0.25) is 0 Å². The van der Waals surface area contributed by atoms with Gasteiger partial charge in [0.25, 0.3) is 0 Å². The maximum absolute atomic E-state index is 3.38. The Hall–Kier alpha value is -1.71. The number of likely N-dealkylation sites (N-methyl/N-ethyl adjacent to an activating group) is 1. The first-order valence-corrected chi connectivity index (χ1v) is 8.28.